The summed E-state index contributed by atoms with van der Waals surface area (Å²) in [6, 6.07) is 7.14. The number of amides is 4. The average Bonchev–Trinajstić information content (AvgIpc) is 2.73. The number of phenols is 1. The van der Waals surface area contributed by atoms with Crippen LogP contribution in [0.15, 0.2) is 48.0 Å². The van der Waals surface area contributed by atoms with E-state index in [0.717, 1.165) is 30.0 Å². The molecule has 168 valence electrons. The Morgan fingerprint density at radius 1 is 1.06 bits per heavy atom. The third-order valence-corrected chi connectivity index (χ3v) is 4.98. The first kappa shape index (κ1) is 22.9. The highest BCUT2D eigenvalue weighted by atomic mass is 19.4. The Morgan fingerprint density at radius 3 is 2.34 bits per heavy atom. The summed E-state index contributed by atoms with van der Waals surface area (Å²) >= 11 is 0. The van der Waals surface area contributed by atoms with E-state index in [9.17, 15) is 32.7 Å². The molecule has 1 saturated heterocycles. The van der Waals surface area contributed by atoms with E-state index in [1.165, 1.54) is 12.1 Å². The summed E-state index contributed by atoms with van der Waals surface area (Å²) in [6.45, 7) is 5.29. The van der Waals surface area contributed by atoms with Gasteiger partial charge in [-0.05, 0) is 50.3 Å². The molecule has 2 N–H and O–H groups in total. The number of carbonyl (C=O) groups excluding carboxylic acids is 3. The molecule has 0 aliphatic carbocycles. The number of imide groups is 2. The second-order valence-electron chi connectivity index (χ2n) is 6.92. The molecule has 0 atom stereocenters. The average molecular weight is 447 g/mol. The van der Waals surface area contributed by atoms with Crippen molar-refractivity contribution in [1.82, 2.24) is 5.32 Å². The molecule has 2 aromatic rings. The molecule has 32 heavy (non-hydrogen) atoms. The number of aromatic hydroxyl groups is 1. The normalized spacial score (nSPS) is 15.8. The van der Waals surface area contributed by atoms with Crippen molar-refractivity contribution >= 4 is 35.3 Å². The minimum Gasteiger partial charge on any atom is -0.507 e. The molecule has 3 rings (SSSR count). The fourth-order valence-electron chi connectivity index (χ4n) is 3.31. The second kappa shape index (κ2) is 8.74. The Labute approximate surface area is 181 Å². The molecule has 0 unspecified atom stereocenters. The topological polar surface area (TPSA) is 90.0 Å². The Kier molecular flexibility index (Phi) is 6.24. The minimum absolute atomic E-state index is 0.137. The van der Waals surface area contributed by atoms with Crippen LogP contribution in [0.25, 0.3) is 6.08 Å². The van der Waals surface area contributed by atoms with E-state index in [0.29, 0.717) is 24.1 Å². The predicted octanol–water partition coefficient (Wildman–Crippen LogP) is 3.92. The van der Waals surface area contributed by atoms with Crippen LogP contribution >= 0.6 is 0 Å². The number of phenolic OH excluding ortho intramolecular Hbond substituents is 1. The van der Waals surface area contributed by atoms with E-state index < -0.39 is 35.2 Å². The molecule has 0 saturated carbocycles. The third-order valence-electron chi connectivity index (χ3n) is 4.98. The van der Waals surface area contributed by atoms with Gasteiger partial charge < -0.3 is 10.0 Å². The zero-order valence-electron chi connectivity index (χ0n) is 17.2. The number of alkyl halides is 3. The molecule has 0 aromatic heterocycles. The van der Waals surface area contributed by atoms with Crippen LogP contribution in [-0.4, -0.2) is 36.0 Å². The maximum Gasteiger partial charge on any atom is 0.416 e. The predicted molar refractivity (Wildman–Crippen MR) is 112 cm³/mol. The Balaban J connectivity index is 2.00. The van der Waals surface area contributed by atoms with Gasteiger partial charge in [0.2, 0.25) is 0 Å². The molecular weight excluding hydrogens is 427 g/mol. The number of benzene rings is 2. The molecule has 0 spiro atoms. The molecule has 10 heteroatoms. The van der Waals surface area contributed by atoms with Crippen LogP contribution < -0.4 is 15.1 Å². The van der Waals surface area contributed by atoms with Gasteiger partial charge in [-0.25, -0.2) is 9.69 Å². The van der Waals surface area contributed by atoms with Crippen molar-refractivity contribution in [2.75, 3.05) is 22.9 Å². The van der Waals surface area contributed by atoms with Gasteiger partial charge in [-0.1, -0.05) is 6.07 Å². The number of halogens is 3. The Bertz CT molecular complexity index is 1110. The molecule has 2 aromatic carbocycles. The van der Waals surface area contributed by atoms with E-state index in [2.05, 4.69) is 0 Å². The van der Waals surface area contributed by atoms with Crippen molar-refractivity contribution in [3.05, 3.63) is 59.2 Å². The van der Waals surface area contributed by atoms with Crippen LogP contribution in [0.2, 0.25) is 0 Å². The quantitative estimate of drug-likeness (QED) is 0.536. The number of nitrogens with one attached hydrogen (secondary N) is 1. The zero-order chi connectivity index (χ0) is 23.6. The molecular formula is C22H20F3N3O4. The molecule has 4 amide bonds. The van der Waals surface area contributed by atoms with Gasteiger partial charge in [-0.3, -0.25) is 14.9 Å². The summed E-state index contributed by atoms with van der Waals surface area (Å²) in [5, 5.41) is 12.3. The smallest absolute Gasteiger partial charge is 0.416 e. The zero-order valence-corrected chi connectivity index (χ0v) is 17.2. The van der Waals surface area contributed by atoms with Gasteiger partial charge >= 0.3 is 12.2 Å². The standard InChI is InChI=1S/C22H20F3N3O4/c1-3-27(4-2)15-9-8-13(18(29)12-15)10-17-19(30)26-21(32)28(20(17)31)16-7-5-6-14(11-16)22(23,24)25/h5-12,29H,3-4H2,1-2H3,(H,26,30,32)/b17-10-. The molecule has 0 radical (unpaired) electrons. The fraction of sp³-hybridized carbons (Fsp3) is 0.227. The first-order valence-corrected chi connectivity index (χ1v) is 9.73. The minimum atomic E-state index is -4.68. The van der Waals surface area contributed by atoms with Crippen LogP contribution in [0.1, 0.15) is 25.0 Å². The van der Waals surface area contributed by atoms with Crippen molar-refractivity contribution in [3.8, 4) is 5.75 Å². The lowest BCUT2D eigenvalue weighted by atomic mass is 10.0. The third kappa shape index (κ3) is 4.43. The molecule has 7 nitrogen and oxygen atoms in total. The SMILES string of the molecule is CCN(CC)c1ccc(/C=C2/C(=O)NC(=O)N(c3cccc(C(F)(F)F)c3)C2=O)c(O)c1. The highest BCUT2D eigenvalue weighted by molar-refractivity contribution is 6.39. The van der Waals surface area contributed by atoms with Gasteiger partial charge in [-0.15, -0.1) is 0 Å². The van der Waals surface area contributed by atoms with Crippen LogP contribution in [-0.2, 0) is 15.8 Å². The Morgan fingerprint density at radius 2 is 1.75 bits per heavy atom. The van der Waals surface area contributed by atoms with Crippen molar-refractivity contribution < 1.29 is 32.7 Å². The van der Waals surface area contributed by atoms with Gasteiger partial charge in [0.15, 0.2) is 0 Å². The number of carbonyl (C=O) groups is 3. The van der Waals surface area contributed by atoms with E-state index in [4.69, 9.17) is 0 Å². The summed E-state index contributed by atoms with van der Waals surface area (Å²) in [6.07, 6.45) is -3.59. The van der Waals surface area contributed by atoms with Crippen molar-refractivity contribution in [2.45, 2.75) is 20.0 Å². The van der Waals surface area contributed by atoms with E-state index in [-0.39, 0.29) is 17.0 Å². The molecule has 1 fully saturated rings. The lowest BCUT2D eigenvalue weighted by Crippen LogP contribution is -2.54. The highest BCUT2D eigenvalue weighted by Gasteiger charge is 2.38. The van der Waals surface area contributed by atoms with Crippen molar-refractivity contribution in [2.24, 2.45) is 0 Å². The van der Waals surface area contributed by atoms with Crippen molar-refractivity contribution in [3.63, 3.8) is 0 Å². The number of urea groups is 1. The summed E-state index contributed by atoms with van der Waals surface area (Å²) in [5.41, 5.74) is -1.04. The van der Waals surface area contributed by atoms with Crippen LogP contribution in [0.3, 0.4) is 0 Å². The monoisotopic (exact) mass is 447 g/mol. The fourth-order valence-corrected chi connectivity index (χ4v) is 3.31. The maximum absolute atomic E-state index is 13.0. The summed E-state index contributed by atoms with van der Waals surface area (Å²) in [5.74, 6) is -2.33. The van der Waals surface area contributed by atoms with E-state index in [1.807, 2.05) is 24.1 Å². The highest BCUT2D eigenvalue weighted by Crippen LogP contribution is 2.33. The molecule has 0 bridgehead atoms. The molecule has 1 aliphatic rings. The largest absolute Gasteiger partial charge is 0.507 e. The van der Waals surface area contributed by atoms with E-state index >= 15 is 0 Å². The summed E-state index contributed by atoms with van der Waals surface area (Å²) in [4.78, 5) is 39.8. The second-order valence-corrected chi connectivity index (χ2v) is 6.92. The van der Waals surface area contributed by atoms with E-state index in [1.54, 1.807) is 6.07 Å². The van der Waals surface area contributed by atoms with Gasteiger partial charge in [0.05, 0.1) is 11.3 Å². The summed E-state index contributed by atoms with van der Waals surface area (Å²) in [7, 11) is 0. The number of hydrogen-bond donors (Lipinski definition) is 2. The van der Waals surface area contributed by atoms with Crippen LogP contribution in [0.4, 0.5) is 29.3 Å². The van der Waals surface area contributed by atoms with Crippen molar-refractivity contribution in [1.29, 1.82) is 0 Å². The lowest BCUT2D eigenvalue weighted by Gasteiger charge is -2.27. The molecule has 1 heterocycles. The lowest BCUT2D eigenvalue weighted by molar-refractivity contribution is -0.137. The molecule has 1 aliphatic heterocycles. The van der Waals surface area contributed by atoms with Gasteiger partial charge in [0.25, 0.3) is 11.8 Å². The maximum atomic E-state index is 13.0. The number of anilines is 2. The number of hydrogen-bond acceptors (Lipinski definition) is 5. The van der Waals surface area contributed by atoms with Gasteiger partial charge in [-0.2, -0.15) is 13.2 Å². The number of barbiturate groups is 1. The van der Waals surface area contributed by atoms with Gasteiger partial charge in [0.1, 0.15) is 11.3 Å². The van der Waals surface area contributed by atoms with Crippen LogP contribution in [0, 0.1) is 0 Å². The van der Waals surface area contributed by atoms with Crippen LogP contribution in [0.5, 0.6) is 5.75 Å². The number of rotatable bonds is 5. The first-order chi connectivity index (χ1) is 15.1. The number of nitrogens with zero attached hydrogens (tertiary/aromatic N) is 2. The summed E-state index contributed by atoms with van der Waals surface area (Å²) < 4.78 is 39.1. The Hall–Kier alpha value is -3.82. The van der Waals surface area contributed by atoms with Gasteiger partial charge in [0, 0.05) is 30.4 Å². The first-order valence-electron chi connectivity index (χ1n) is 9.73.